The molecule has 1 aliphatic rings. The molecule has 0 bridgehead atoms. The van der Waals surface area contributed by atoms with E-state index in [2.05, 4.69) is 31.2 Å². The van der Waals surface area contributed by atoms with Crippen LogP contribution in [0.5, 0.6) is 0 Å². The Bertz CT molecular complexity index is 692. The molecule has 1 aromatic carbocycles. The SMILES string of the molecule is CC(C)(C)C1CCC(C(=O)NCc2ccccc2-n2cccn2)CC1. The molecule has 0 aliphatic heterocycles. The van der Waals surface area contributed by atoms with Crippen LogP contribution in [0.3, 0.4) is 0 Å². The second-order valence-electron chi connectivity index (χ2n) is 8.21. The fourth-order valence-electron chi connectivity index (χ4n) is 3.84. The van der Waals surface area contributed by atoms with E-state index < -0.39 is 0 Å². The number of nitrogens with one attached hydrogen (secondary N) is 1. The van der Waals surface area contributed by atoms with Gasteiger partial charge < -0.3 is 5.32 Å². The number of hydrogen-bond donors (Lipinski definition) is 1. The quantitative estimate of drug-likeness (QED) is 0.900. The molecule has 1 amide bonds. The average Bonchev–Trinajstić information content (AvgIpc) is 3.14. The van der Waals surface area contributed by atoms with Gasteiger partial charge in [0.2, 0.25) is 5.91 Å². The number of nitrogens with zero attached hydrogens (tertiary/aromatic N) is 2. The first-order chi connectivity index (χ1) is 11.9. The zero-order valence-corrected chi connectivity index (χ0v) is 15.5. The average molecular weight is 339 g/mol. The second kappa shape index (κ2) is 7.42. The molecule has 0 saturated heterocycles. The third-order valence-electron chi connectivity index (χ3n) is 5.52. The van der Waals surface area contributed by atoms with Crippen LogP contribution in [0.2, 0.25) is 0 Å². The van der Waals surface area contributed by atoms with Crippen LogP contribution in [-0.4, -0.2) is 15.7 Å². The highest BCUT2D eigenvalue weighted by molar-refractivity contribution is 5.78. The Balaban J connectivity index is 1.57. The summed E-state index contributed by atoms with van der Waals surface area (Å²) in [5, 5.41) is 7.44. The van der Waals surface area contributed by atoms with Crippen LogP contribution in [0, 0.1) is 17.3 Å². The maximum Gasteiger partial charge on any atom is 0.223 e. The Hall–Kier alpha value is -2.10. The Labute approximate surface area is 150 Å². The molecular weight excluding hydrogens is 310 g/mol. The molecule has 4 nitrogen and oxygen atoms in total. The summed E-state index contributed by atoms with van der Waals surface area (Å²) in [6.07, 6.45) is 8.03. The normalized spacial score (nSPS) is 21.1. The van der Waals surface area contributed by atoms with Gasteiger partial charge in [-0.15, -0.1) is 0 Å². The number of benzene rings is 1. The first-order valence-corrected chi connectivity index (χ1v) is 9.31. The van der Waals surface area contributed by atoms with E-state index >= 15 is 0 Å². The summed E-state index contributed by atoms with van der Waals surface area (Å²) < 4.78 is 1.84. The molecule has 4 heteroatoms. The number of carbonyl (C=O) groups is 1. The lowest BCUT2D eigenvalue weighted by atomic mass is 9.69. The molecule has 0 atom stereocenters. The molecule has 3 rings (SSSR count). The molecule has 1 fully saturated rings. The topological polar surface area (TPSA) is 46.9 Å². The Morgan fingerprint density at radius 3 is 2.52 bits per heavy atom. The molecule has 1 N–H and O–H groups in total. The van der Waals surface area contributed by atoms with Gasteiger partial charge in [-0.1, -0.05) is 39.0 Å². The van der Waals surface area contributed by atoms with Crippen molar-refractivity contribution in [3.05, 3.63) is 48.3 Å². The van der Waals surface area contributed by atoms with Gasteiger partial charge in [0.1, 0.15) is 0 Å². The highest BCUT2D eigenvalue weighted by atomic mass is 16.1. The molecule has 0 unspecified atom stereocenters. The van der Waals surface area contributed by atoms with E-state index in [0.29, 0.717) is 12.0 Å². The summed E-state index contributed by atoms with van der Waals surface area (Å²) in [5.41, 5.74) is 2.46. The van der Waals surface area contributed by atoms with E-state index in [4.69, 9.17) is 0 Å². The first kappa shape index (κ1) is 17.7. The van der Waals surface area contributed by atoms with Gasteiger partial charge in [0.25, 0.3) is 0 Å². The molecule has 25 heavy (non-hydrogen) atoms. The van der Waals surface area contributed by atoms with Gasteiger partial charge in [0.15, 0.2) is 0 Å². The van der Waals surface area contributed by atoms with Crippen molar-refractivity contribution in [1.82, 2.24) is 15.1 Å². The minimum atomic E-state index is 0.162. The Morgan fingerprint density at radius 1 is 1.16 bits per heavy atom. The predicted molar refractivity (Wildman–Crippen MR) is 100 cm³/mol. The van der Waals surface area contributed by atoms with Crippen molar-refractivity contribution in [2.24, 2.45) is 17.3 Å². The van der Waals surface area contributed by atoms with Crippen molar-refractivity contribution in [3.63, 3.8) is 0 Å². The van der Waals surface area contributed by atoms with Gasteiger partial charge in [-0.2, -0.15) is 5.10 Å². The smallest absolute Gasteiger partial charge is 0.223 e. The van der Waals surface area contributed by atoms with Gasteiger partial charge in [-0.05, 0) is 54.7 Å². The highest BCUT2D eigenvalue weighted by Crippen LogP contribution is 2.39. The van der Waals surface area contributed by atoms with Crippen molar-refractivity contribution in [1.29, 1.82) is 0 Å². The van der Waals surface area contributed by atoms with Crippen LogP contribution in [0.4, 0.5) is 0 Å². The monoisotopic (exact) mass is 339 g/mol. The van der Waals surface area contributed by atoms with Gasteiger partial charge in [0.05, 0.1) is 5.69 Å². The zero-order valence-electron chi connectivity index (χ0n) is 15.5. The summed E-state index contributed by atoms with van der Waals surface area (Å²) in [6, 6.07) is 9.99. The first-order valence-electron chi connectivity index (χ1n) is 9.31. The Morgan fingerprint density at radius 2 is 1.88 bits per heavy atom. The van der Waals surface area contributed by atoms with Gasteiger partial charge in [-0.3, -0.25) is 4.79 Å². The third-order valence-corrected chi connectivity index (χ3v) is 5.52. The van der Waals surface area contributed by atoms with E-state index in [1.165, 1.54) is 0 Å². The van der Waals surface area contributed by atoms with Crippen LogP contribution in [0.25, 0.3) is 5.69 Å². The van der Waals surface area contributed by atoms with Crippen LogP contribution in [0.15, 0.2) is 42.7 Å². The molecule has 1 saturated carbocycles. The lowest BCUT2D eigenvalue weighted by Crippen LogP contribution is -2.35. The fraction of sp³-hybridized carbons (Fsp3) is 0.524. The number of rotatable bonds is 4. The highest BCUT2D eigenvalue weighted by Gasteiger charge is 2.32. The van der Waals surface area contributed by atoms with Crippen molar-refractivity contribution >= 4 is 5.91 Å². The number of para-hydroxylation sites is 1. The van der Waals surface area contributed by atoms with Gasteiger partial charge in [0, 0.05) is 24.9 Å². The molecule has 134 valence electrons. The van der Waals surface area contributed by atoms with E-state index in [1.54, 1.807) is 6.20 Å². The maximum atomic E-state index is 12.6. The number of hydrogen-bond acceptors (Lipinski definition) is 2. The van der Waals surface area contributed by atoms with Crippen LogP contribution < -0.4 is 5.32 Å². The minimum Gasteiger partial charge on any atom is -0.352 e. The zero-order chi connectivity index (χ0) is 17.9. The number of carbonyl (C=O) groups excluding carboxylic acids is 1. The molecule has 2 aromatic rings. The van der Waals surface area contributed by atoms with Crippen LogP contribution in [0.1, 0.15) is 52.0 Å². The standard InChI is InChI=1S/C21H29N3O/c1-21(2,3)18-11-9-16(10-12-18)20(25)22-15-17-7-4-5-8-19(17)24-14-6-13-23-24/h4-8,13-14,16,18H,9-12,15H2,1-3H3,(H,22,25). The second-order valence-corrected chi connectivity index (χ2v) is 8.21. The largest absolute Gasteiger partial charge is 0.352 e. The third kappa shape index (κ3) is 4.30. The molecule has 1 aromatic heterocycles. The Kier molecular flexibility index (Phi) is 5.26. The summed E-state index contributed by atoms with van der Waals surface area (Å²) in [4.78, 5) is 12.6. The van der Waals surface area contributed by atoms with E-state index in [1.807, 2.05) is 41.2 Å². The van der Waals surface area contributed by atoms with E-state index in [0.717, 1.165) is 42.9 Å². The van der Waals surface area contributed by atoms with E-state index in [-0.39, 0.29) is 11.8 Å². The van der Waals surface area contributed by atoms with Gasteiger partial charge >= 0.3 is 0 Å². The number of amides is 1. The lowest BCUT2D eigenvalue weighted by molar-refractivity contribution is -0.126. The molecule has 0 spiro atoms. The molecule has 1 aliphatic carbocycles. The van der Waals surface area contributed by atoms with Crippen LogP contribution >= 0.6 is 0 Å². The molecular formula is C21H29N3O. The van der Waals surface area contributed by atoms with Crippen molar-refractivity contribution in [3.8, 4) is 5.69 Å². The lowest BCUT2D eigenvalue weighted by Gasteiger charge is -2.36. The number of aromatic nitrogens is 2. The van der Waals surface area contributed by atoms with Crippen molar-refractivity contribution < 1.29 is 4.79 Å². The molecule has 1 heterocycles. The van der Waals surface area contributed by atoms with Crippen LogP contribution in [-0.2, 0) is 11.3 Å². The minimum absolute atomic E-state index is 0.162. The summed E-state index contributed by atoms with van der Waals surface area (Å²) >= 11 is 0. The summed E-state index contributed by atoms with van der Waals surface area (Å²) in [7, 11) is 0. The van der Waals surface area contributed by atoms with Gasteiger partial charge in [-0.25, -0.2) is 4.68 Å². The fourth-order valence-corrected chi connectivity index (χ4v) is 3.84. The van der Waals surface area contributed by atoms with Crippen molar-refractivity contribution in [2.45, 2.75) is 53.0 Å². The maximum absolute atomic E-state index is 12.6. The summed E-state index contributed by atoms with van der Waals surface area (Å²) in [5.74, 6) is 1.09. The van der Waals surface area contributed by atoms with E-state index in [9.17, 15) is 4.79 Å². The summed E-state index contributed by atoms with van der Waals surface area (Å²) in [6.45, 7) is 7.48. The predicted octanol–water partition coefficient (Wildman–Crippen LogP) is 4.34. The van der Waals surface area contributed by atoms with Crippen molar-refractivity contribution in [2.75, 3.05) is 0 Å². The molecule has 0 radical (unpaired) electrons.